The maximum atomic E-state index is 12.8. The van der Waals surface area contributed by atoms with E-state index in [0.29, 0.717) is 30.0 Å². The van der Waals surface area contributed by atoms with Gasteiger partial charge < -0.3 is 4.74 Å². The second-order valence-corrected chi connectivity index (χ2v) is 8.38. The van der Waals surface area contributed by atoms with E-state index in [1.54, 1.807) is 0 Å². The van der Waals surface area contributed by atoms with Gasteiger partial charge in [0.25, 0.3) is 0 Å². The molecule has 1 fully saturated rings. The van der Waals surface area contributed by atoms with Crippen LogP contribution in [0.25, 0.3) is 0 Å². The van der Waals surface area contributed by atoms with Crippen LogP contribution in [0, 0.1) is 0 Å². The van der Waals surface area contributed by atoms with Crippen LogP contribution in [0.4, 0.5) is 0 Å². The first-order valence-electron chi connectivity index (χ1n) is 8.11. The third-order valence-electron chi connectivity index (χ3n) is 4.11. The Morgan fingerprint density at radius 2 is 1.88 bits per heavy atom. The normalized spacial score (nSPS) is 18.5. The smallest absolute Gasteiger partial charge is 0.316 e. The van der Waals surface area contributed by atoms with Crippen molar-refractivity contribution in [2.45, 2.75) is 30.8 Å². The first kappa shape index (κ1) is 18.8. The summed E-state index contributed by atoms with van der Waals surface area (Å²) in [5, 5.41) is 0.402. The highest BCUT2D eigenvalue weighted by atomic mass is 35.5. The second kappa shape index (κ2) is 7.69. The average molecular weight is 396 g/mol. The lowest BCUT2D eigenvalue weighted by Crippen LogP contribution is -2.44. The molecule has 0 unspecified atom stereocenters. The second-order valence-electron chi connectivity index (χ2n) is 6.01. The molecule has 0 N–H and O–H groups in total. The Kier molecular flexibility index (Phi) is 5.55. The molecule has 0 spiro atoms. The number of Topliss-reactive ketones (excluding diaryl/α,β-unsaturated/α-hetero) is 1. The molecule has 0 saturated carbocycles. The van der Waals surface area contributed by atoms with Gasteiger partial charge in [-0.25, -0.2) is 18.4 Å². The molecule has 1 aromatic heterocycles. The molecule has 1 atom stereocenters. The monoisotopic (exact) mass is 395 g/mol. The molecule has 1 aliphatic rings. The molecule has 1 aromatic carbocycles. The van der Waals surface area contributed by atoms with Gasteiger partial charge in [-0.3, -0.25) is 4.79 Å². The van der Waals surface area contributed by atoms with Gasteiger partial charge in [0.1, 0.15) is 6.10 Å². The lowest BCUT2D eigenvalue weighted by Gasteiger charge is -2.31. The highest BCUT2D eigenvalue weighted by molar-refractivity contribution is 7.89. The molecule has 138 valence electrons. The molecule has 7 nitrogen and oxygen atoms in total. The summed E-state index contributed by atoms with van der Waals surface area (Å²) >= 11 is 5.75. The Labute approximate surface area is 157 Å². The molecule has 1 saturated heterocycles. The Morgan fingerprint density at radius 1 is 1.23 bits per heavy atom. The number of ketones is 1. The molecular weight excluding hydrogens is 378 g/mol. The number of halogens is 1. The number of carbonyl (C=O) groups excluding carboxylic acids is 1. The summed E-state index contributed by atoms with van der Waals surface area (Å²) in [7, 11) is -3.66. The van der Waals surface area contributed by atoms with Crippen molar-refractivity contribution in [2.24, 2.45) is 0 Å². The number of hydrogen-bond acceptors (Lipinski definition) is 6. The molecule has 9 heteroatoms. The Bertz CT molecular complexity index is 885. The highest BCUT2D eigenvalue weighted by Gasteiger charge is 2.31. The minimum absolute atomic E-state index is 0.108. The number of ether oxygens (including phenoxy) is 1. The van der Waals surface area contributed by atoms with Gasteiger partial charge in [0.15, 0.2) is 5.78 Å². The topological polar surface area (TPSA) is 89.5 Å². The fourth-order valence-corrected chi connectivity index (χ4v) is 4.35. The number of benzene rings is 1. The quantitative estimate of drug-likeness (QED) is 0.723. The van der Waals surface area contributed by atoms with Gasteiger partial charge in [-0.05, 0) is 31.9 Å². The van der Waals surface area contributed by atoms with Gasteiger partial charge in [-0.15, -0.1) is 0 Å². The van der Waals surface area contributed by atoms with E-state index in [1.165, 1.54) is 47.9 Å². The fraction of sp³-hybridized carbons (Fsp3) is 0.353. The first-order valence-corrected chi connectivity index (χ1v) is 9.93. The third-order valence-corrected chi connectivity index (χ3v) is 6.18. The molecule has 0 radical (unpaired) electrons. The highest BCUT2D eigenvalue weighted by Crippen LogP contribution is 2.23. The zero-order chi connectivity index (χ0) is 18.7. The van der Waals surface area contributed by atoms with Gasteiger partial charge in [0, 0.05) is 12.1 Å². The predicted octanol–water partition coefficient (Wildman–Crippen LogP) is 2.56. The van der Waals surface area contributed by atoms with Crippen molar-refractivity contribution in [2.75, 3.05) is 13.1 Å². The molecule has 2 heterocycles. The summed E-state index contributed by atoms with van der Waals surface area (Å²) in [6.07, 6.45) is 3.90. The van der Waals surface area contributed by atoms with Crippen LogP contribution < -0.4 is 4.74 Å². The number of carbonyl (C=O) groups is 1. The zero-order valence-electron chi connectivity index (χ0n) is 14.1. The first-order chi connectivity index (χ1) is 12.4. The molecule has 1 aliphatic heterocycles. The maximum Gasteiger partial charge on any atom is 0.316 e. The fourth-order valence-electron chi connectivity index (χ4n) is 2.74. The lowest BCUT2D eigenvalue weighted by atomic mass is 10.1. The maximum absolute atomic E-state index is 12.8. The molecule has 3 rings (SSSR count). The van der Waals surface area contributed by atoms with E-state index in [0.717, 1.165) is 0 Å². The van der Waals surface area contributed by atoms with Crippen molar-refractivity contribution in [3.05, 3.63) is 47.2 Å². The van der Waals surface area contributed by atoms with Crippen LogP contribution in [0.3, 0.4) is 0 Å². The van der Waals surface area contributed by atoms with Gasteiger partial charge in [-0.1, -0.05) is 23.7 Å². The standard InChI is InChI=1S/C17H18ClN3O4S/c1-12(22)13-4-6-16(7-5-13)26(23,24)21-8-2-3-15(11-21)25-17-19-9-14(18)10-20-17/h4-7,9-10,15H,2-3,8,11H2,1H3/t15-/m0/s1. The predicted molar refractivity (Wildman–Crippen MR) is 95.9 cm³/mol. The van der Waals surface area contributed by atoms with E-state index in [-0.39, 0.29) is 29.3 Å². The van der Waals surface area contributed by atoms with Gasteiger partial charge >= 0.3 is 6.01 Å². The van der Waals surface area contributed by atoms with Crippen LogP contribution in [0.5, 0.6) is 6.01 Å². The van der Waals surface area contributed by atoms with E-state index < -0.39 is 10.0 Å². The van der Waals surface area contributed by atoms with Crippen molar-refractivity contribution in [1.82, 2.24) is 14.3 Å². The molecule has 0 bridgehead atoms. The number of piperidine rings is 1. The molecule has 2 aromatic rings. The minimum atomic E-state index is -3.66. The van der Waals surface area contributed by atoms with Crippen molar-refractivity contribution >= 4 is 27.4 Å². The minimum Gasteiger partial charge on any atom is -0.459 e. The van der Waals surface area contributed by atoms with Crippen LogP contribution in [0.1, 0.15) is 30.1 Å². The zero-order valence-corrected chi connectivity index (χ0v) is 15.7. The van der Waals surface area contributed by atoms with Crippen molar-refractivity contribution < 1.29 is 17.9 Å². The van der Waals surface area contributed by atoms with Crippen LogP contribution in [-0.2, 0) is 10.0 Å². The van der Waals surface area contributed by atoms with Crippen molar-refractivity contribution in [1.29, 1.82) is 0 Å². The van der Waals surface area contributed by atoms with Crippen molar-refractivity contribution in [3.8, 4) is 6.01 Å². The summed E-state index contributed by atoms with van der Waals surface area (Å²) in [4.78, 5) is 19.5. The number of sulfonamides is 1. The van der Waals surface area contributed by atoms with Gasteiger partial charge in [-0.2, -0.15) is 4.31 Å². The number of nitrogens with zero attached hydrogens (tertiary/aromatic N) is 3. The summed E-state index contributed by atoms with van der Waals surface area (Å²) < 4.78 is 32.8. The van der Waals surface area contributed by atoms with E-state index in [1.807, 2.05) is 0 Å². The van der Waals surface area contributed by atoms with Crippen LogP contribution >= 0.6 is 11.6 Å². The number of rotatable bonds is 5. The van der Waals surface area contributed by atoms with E-state index in [9.17, 15) is 13.2 Å². The van der Waals surface area contributed by atoms with Crippen molar-refractivity contribution in [3.63, 3.8) is 0 Å². The largest absolute Gasteiger partial charge is 0.459 e. The van der Waals surface area contributed by atoms with E-state index >= 15 is 0 Å². The molecule has 0 aliphatic carbocycles. The average Bonchev–Trinajstić information content (AvgIpc) is 2.64. The van der Waals surface area contributed by atoms with Crippen LogP contribution in [0.2, 0.25) is 5.02 Å². The third kappa shape index (κ3) is 4.20. The SMILES string of the molecule is CC(=O)c1ccc(S(=O)(=O)N2CCC[C@H](Oc3ncc(Cl)cn3)C2)cc1. The van der Waals surface area contributed by atoms with E-state index in [4.69, 9.17) is 16.3 Å². The summed E-state index contributed by atoms with van der Waals surface area (Å²) in [5.74, 6) is -0.108. The molecule has 26 heavy (non-hydrogen) atoms. The Morgan fingerprint density at radius 3 is 2.50 bits per heavy atom. The Hall–Kier alpha value is -2.03. The van der Waals surface area contributed by atoms with Gasteiger partial charge in [0.2, 0.25) is 10.0 Å². The summed E-state index contributed by atoms with van der Waals surface area (Å²) in [6.45, 7) is 2.07. The number of aromatic nitrogens is 2. The lowest BCUT2D eigenvalue weighted by molar-refractivity contribution is 0.101. The van der Waals surface area contributed by atoms with Crippen LogP contribution in [0.15, 0.2) is 41.6 Å². The summed E-state index contributed by atoms with van der Waals surface area (Å²) in [6, 6.07) is 6.13. The number of hydrogen-bond donors (Lipinski definition) is 0. The van der Waals surface area contributed by atoms with Gasteiger partial charge in [0.05, 0.1) is 28.9 Å². The van der Waals surface area contributed by atoms with E-state index in [2.05, 4.69) is 9.97 Å². The molecule has 0 amide bonds. The molecular formula is C17H18ClN3O4S. The summed E-state index contributed by atoms with van der Waals surface area (Å²) in [5.41, 5.74) is 0.476. The van der Waals surface area contributed by atoms with Crippen LogP contribution in [-0.4, -0.2) is 47.7 Å². The Balaban J connectivity index is 1.73.